The van der Waals surface area contributed by atoms with Gasteiger partial charge in [-0.15, -0.1) is 23.7 Å². The molecule has 2 aromatic rings. The maximum Gasteiger partial charge on any atom is 0.253 e. The van der Waals surface area contributed by atoms with Crippen LogP contribution in [-0.4, -0.2) is 46.9 Å². The molecule has 2 N–H and O–H groups in total. The van der Waals surface area contributed by atoms with Gasteiger partial charge in [0, 0.05) is 49.4 Å². The number of amides is 1. The van der Waals surface area contributed by atoms with E-state index < -0.39 is 0 Å². The highest BCUT2D eigenvalue weighted by Gasteiger charge is 2.22. The number of hydrogen-bond acceptors (Lipinski definition) is 5. The zero-order chi connectivity index (χ0) is 16.2. The van der Waals surface area contributed by atoms with Crippen molar-refractivity contribution >= 4 is 35.3 Å². The maximum atomic E-state index is 12.5. The third-order valence-corrected chi connectivity index (χ3v) is 5.15. The molecule has 24 heavy (non-hydrogen) atoms. The van der Waals surface area contributed by atoms with Crippen molar-refractivity contribution in [3.8, 4) is 0 Å². The Hall–Kier alpha value is -1.63. The first-order valence-corrected chi connectivity index (χ1v) is 8.84. The lowest BCUT2D eigenvalue weighted by Gasteiger charge is -2.34. The van der Waals surface area contributed by atoms with Gasteiger partial charge in [-0.05, 0) is 30.7 Å². The Bertz CT molecular complexity index is 665. The van der Waals surface area contributed by atoms with E-state index >= 15 is 0 Å². The van der Waals surface area contributed by atoms with Crippen molar-refractivity contribution in [2.45, 2.75) is 19.9 Å². The van der Waals surface area contributed by atoms with E-state index in [0.29, 0.717) is 11.3 Å². The molecule has 1 saturated heterocycles. The van der Waals surface area contributed by atoms with Gasteiger partial charge in [0.05, 0.1) is 10.7 Å². The molecule has 1 aliphatic heterocycles. The molecule has 0 bridgehead atoms. The van der Waals surface area contributed by atoms with Gasteiger partial charge < -0.3 is 10.6 Å². The van der Waals surface area contributed by atoms with Gasteiger partial charge in [-0.1, -0.05) is 6.92 Å². The Balaban J connectivity index is 0.00000208. The molecule has 0 spiro atoms. The van der Waals surface area contributed by atoms with Gasteiger partial charge in [0.2, 0.25) is 0 Å². The summed E-state index contributed by atoms with van der Waals surface area (Å²) in [6.45, 7) is 6.30. The quantitative estimate of drug-likeness (QED) is 0.845. The van der Waals surface area contributed by atoms with Gasteiger partial charge in [0.25, 0.3) is 5.91 Å². The van der Waals surface area contributed by atoms with E-state index in [2.05, 4.69) is 22.2 Å². The number of aromatic nitrogens is 1. The van der Waals surface area contributed by atoms with Crippen LogP contribution in [0.5, 0.6) is 0 Å². The molecule has 3 rings (SSSR count). The van der Waals surface area contributed by atoms with Crippen molar-refractivity contribution in [2.24, 2.45) is 0 Å². The summed E-state index contributed by atoms with van der Waals surface area (Å²) in [5.74, 6) is 0.0894. The van der Waals surface area contributed by atoms with Crippen LogP contribution in [-0.2, 0) is 13.0 Å². The maximum absolute atomic E-state index is 12.5. The SMILES string of the molecule is CCc1nc(CN2CCN(C(=O)c3ccc(N)cc3)CC2)cs1.Cl. The number of thiazole rings is 1. The molecule has 7 heteroatoms. The van der Waals surface area contributed by atoms with Gasteiger partial charge >= 0.3 is 0 Å². The largest absolute Gasteiger partial charge is 0.399 e. The van der Waals surface area contributed by atoms with Gasteiger partial charge in [-0.25, -0.2) is 4.98 Å². The van der Waals surface area contributed by atoms with Crippen LogP contribution in [0, 0.1) is 0 Å². The predicted molar refractivity (Wildman–Crippen MR) is 101 cm³/mol. The normalized spacial score (nSPS) is 15.1. The summed E-state index contributed by atoms with van der Waals surface area (Å²) in [5.41, 5.74) is 8.21. The van der Waals surface area contributed by atoms with Crippen LogP contribution in [0.3, 0.4) is 0 Å². The summed E-state index contributed by atoms with van der Waals surface area (Å²) in [4.78, 5) is 21.4. The highest BCUT2D eigenvalue weighted by Crippen LogP contribution is 2.15. The first-order valence-electron chi connectivity index (χ1n) is 7.96. The average molecular weight is 367 g/mol. The van der Waals surface area contributed by atoms with Crippen LogP contribution >= 0.6 is 23.7 Å². The summed E-state index contributed by atoms with van der Waals surface area (Å²) in [5, 5.41) is 3.34. The molecule has 0 aliphatic carbocycles. The Morgan fingerprint density at radius 2 is 1.88 bits per heavy atom. The lowest BCUT2D eigenvalue weighted by molar-refractivity contribution is 0.0627. The Morgan fingerprint density at radius 1 is 1.21 bits per heavy atom. The number of carbonyl (C=O) groups is 1. The van der Waals surface area contributed by atoms with Gasteiger partial charge in [-0.2, -0.15) is 0 Å². The summed E-state index contributed by atoms with van der Waals surface area (Å²) < 4.78 is 0. The van der Waals surface area contributed by atoms with E-state index in [0.717, 1.165) is 44.8 Å². The van der Waals surface area contributed by atoms with E-state index in [9.17, 15) is 4.79 Å². The van der Waals surface area contributed by atoms with Crippen molar-refractivity contribution in [2.75, 3.05) is 31.9 Å². The fraction of sp³-hybridized carbons (Fsp3) is 0.412. The molecule has 2 heterocycles. The molecular weight excluding hydrogens is 344 g/mol. The van der Waals surface area contributed by atoms with E-state index in [4.69, 9.17) is 5.73 Å². The fourth-order valence-corrected chi connectivity index (χ4v) is 3.47. The Kier molecular flexibility index (Phi) is 6.60. The summed E-state index contributed by atoms with van der Waals surface area (Å²) >= 11 is 1.73. The van der Waals surface area contributed by atoms with Crippen molar-refractivity contribution < 1.29 is 4.79 Å². The number of nitrogens with zero attached hydrogens (tertiary/aromatic N) is 3. The second-order valence-electron chi connectivity index (χ2n) is 5.78. The van der Waals surface area contributed by atoms with Crippen LogP contribution in [0.4, 0.5) is 5.69 Å². The number of rotatable bonds is 4. The number of aryl methyl sites for hydroxylation is 1. The minimum absolute atomic E-state index is 0. The average Bonchev–Trinajstić information content (AvgIpc) is 3.03. The number of hydrogen-bond donors (Lipinski definition) is 1. The molecule has 0 saturated carbocycles. The first kappa shape index (κ1) is 18.7. The molecule has 0 atom stereocenters. The number of anilines is 1. The van der Waals surface area contributed by atoms with Crippen LogP contribution in [0.1, 0.15) is 28.0 Å². The van der Waals surface area contributed by atoms with Crippen LogP contribution in [0.15, 0.2) is 29.6 Å². The van der Waals surface area contributed by atoms with Crippen LogP contribution in [0.2, 0.25) is 0 Å². The molecule has 5 nitrogen and oxygen atoms in total. The van der Waals surface area contributed by atoms with Crippen molar-refractivity contribution in [3.63, 3.8) is 0 Å². The first-order chi connectivity index (χ1) is 11.2. The number of benzene rings is 1. The molecule has 130 valence electrons. The molecule has 1 fully saturated rings. The molecule has 1 aliphatic rings. The monoisotopic (exact) mass is 366 g/mol. The lowest BCUT2D eigenvalue weighted by atomic mass is 10.1. The minimum atomic E-state index is 0. The molecule has 1 amide bonds. The van der Waals surface area contributed by atoms with Crippen molar-refractivity contribution in [1.29, 1.82) is 0 Å². The Labute approximate surface area is 152 Å². The van der Waals surface area contributed by atoms with Crippen LogP contribution in [0.25, 0.3) is 0 Å². The van der Waals surface area contributed by atoms with Crippen molar-refractivity contribution in [3.05, 3.63) is 45.9 Å². The lowest BCUT2D eigenvalue weighted by Crippen LogP contribution is -2.48. The number of nitrogen functional groups attached to an aromatic ring is 1. The second kappa shape index (κ2) is 8.46. The predicted octanol–water partition coefficient (Wildman–Crippen LogP) is 2.67. The second-order valence-corrected chi connectivity index (χ2v) is 6.72. The van der Waals surface area contributed by atoms with E-state index in [1.807, 2.05) is 4.90 Å². The number of carbonyl (C=O) groups excluding carboxylic acids is 1. The number of halogens is 1. The van der Waals surface area contributed by atoms with E-state index in [-0.39, 0.29) is 18.3 Å². The van der Waals surface area contributed by atoms with E-state index in [1.165, 1.54) is 5.01 Å². The number of piperazine rings is 1. The fourth-order valence-electron chi connectivity index (χ4n) is 2.73. The van der Waals surface area contributed by atoms with Gasteiger partial charge in [0.15, 0.2) is 0 Å². The summed E-state index contributed by atoms with van der Waals surface area (Å²) in [6.07, 6.45) is 0.995. The minimum Gasteiger partial charge on any atom is -0.399 e. The van der Waals surface area contributed by atoms with Crippen LogP contribution < -0.4 is 5.73 Å². The zero-order valence-electron chi connectivity index (χ0n) is 13.8. The highest BCUT2D eigenvalue weighted by molar-refractivity contribution is 7.09. The van der Waals surface area contributed by atoms with Gasteiger partial charge in [0.1, 0.15) is 0 Å². The summed E-state index contributed by atoms with van der Waals surface area (Å²) in [6, 6.07) is 7.14. The number of nitrogens with two attached hydrogens (primary N) is 1. The Morgan fingerprint density at radius 3 is 2.46 bits per heavy atom. The smallest absolute Gasteiger partial charge is 0.253 e. The van der Waals surface area contributed by atoms with E-state index in [1.54, 1.807) is 35.6 Å². The topological polar surface area (TPSA) is 62.5 Å². The molecule has 0 unspecified atom stereocenters. The third-order valence-electron chi connectivity index (χ3n) is 4.10. The molecule has 1 aromatic carbocycles. The standard InChI is InChI=1S/C17H22N4OS.ClH/c1-2-16-19-15(12-23-16)11-20-7-9-21(10-8-20)17(22)13-3-5-14(18)6-4-13;/h3-6,12H,2,7-11,18H2,1H3;1H. The summed E-state index contributed by atoms with van der Waals surface area (Å²) in [7, 11) is 0. The van der Waals surface area contributed by atoms with Gasteiger partial charge in [-0.3, -0.25) is 9.69 Å². The molecular formula is C17H23ClN4OS. The van der Waals surface area contributed by atoms with Crippen molar-refractivity contribution in [1.82, 2.24) is 14.8 Å². The zero-order valence-corrected chi connectivity index (χ0v) is 15.4. The highest BCUT2D eigenvalue weighted by atomic mass is 35.5. The molecule has 1 aromatic heterocycles. The third kappa shape index (κ3) is 4.47. The molecule has 0 radical (unpaired) electrons.